The summed E-state index contributed by atoms with van der Waals surface area (Å²) in [7, 11) is 0. The number of nitrogens with one attached hydrogen (secondary N) is 1. The van der Waals surface area contributed by atoms with E-state index in [-0.39, 0.29) is 11.6 Å². The van der Waals surface area contributed by atoms with Gasteiger partial charge in [-0.3, -0.25) is 9.78 Å². The van der Waals surface area contributed by atoms with Gasteiger partial charge >= 0.3 is 5.97 Å². The Morgan fingerprint density at radius 1 is 1.48 bits per heavy atom. The number of thiazole rings is 1. The zero-order valence-electron chi connectivity index (χ0n) is 11.2. The molecular formula is C14H13N3O3S. The molecule has 0 fully saturated rings. The Bertz CT molecular complexity index is 694. The van der Waals surface area contributed by atoms with Gasteiger partial charge in [0.1, 0.15) is 5.69 Å². The van der Waals surface area contributed by atoms with Crippen LogP contribution in [0.2, 0.25) is 0 Å². The molecule has 2 rings (SSSR count). The second-order valence-corrected chi connectivity index (χ2v) is 5.22. The van der Waals surface area contributed by atoms with Crippen LogP contribution in [0.3, 0.4) is 0 Å². The number of carbonyl (C=O) groups is 2. The van der Waals surface area contributed by atoms with E-state index in [0.29, 0.717) is 12.1 Å². The van der Waals surface area contributed by atoms with Crippen LogP contribution >= 0.6 is 11.3 Å². The molecule has 21 heavy (non-hydrogen) atoms. The summed E-state index contributed by atoms with van der Waals surface area (Å²) in [4.78, 5) is 30.9. The van der Waals surface area contributed by atoms with E-state index in [1.54, 1.807) is 12.1 Å². The molecule has 0 atom stereocenters. The molecule has 7 heteroatoms. The number of pyridine rings is 1. The smallest absolute Gasteiger partial charge is 0.328 e. The highest BCUT2D eigenvalue weighted by atomic mass is 32.1. The average Bonchev–Trinajstić information content (AvgIpc) is 2.88. The molecule has 0 unspecified atom stereocenters. The Kier molecular flexibility index (Phi) is 4.78. The van der Waals surface area contributed by atoms with E-state index in [9.17, 15) is 9.59 Å². The van der Waals surface area contributed by atoms with E-state index < -0.39 is 5.97 Å². The normalized spacial score (nSPS) is 10.7. The van der Waals surface area contributed by atoms with Gasteiger partial charge in [-0.05, 0) is 19.1 Å². The summed E-state index contributed by atoms with van der Waals surface area (Å²) in [6, 6.07) is 3.27. The Labute approximate surface area is 125 Å². The molecule has 6 nitrogen and oxygen atoms in total. The van der Waals surface area contributed by atoms with Crippen molar-refractivity contribution in [2.24, 2.45) is 0 Å². The highest BCUT2D eigenvalue weighted by molar-refractivity contribution is 7.09. The largest absolute Gasteiger partial charge is 0.478 e. The van der Waals surface area contributed by atoms with Crippen molar-refractivity contribution in [3.8, 4) is 0 Å². The number of aryl methyl sites for hydroxylation is 1. The maximum absolute atomic E-state index is 12.1. The minimum absolute atomic E-state index is 0.182. The molecule has 0 saturated heterocycles. The number of nitrogens with zero attached hydrogens (tertiary/aromatic N) is 2. The predicted molar refractivity (Wildman–Crippen MR) is 78.9 cm³/mol. The summed E-state index contributed by atoms with van der Waals surface area (Å²) >= 11 is 1.51. The second-order valence-electron chi connectivity index (χ2n) is 4.15. The predicted octanol–water partition coefficient (Wildman–Crippen LogP) is 1.87. The zero-order valence-corrected chi connectivity index (χ0v) is 12.1. The van der Waals surface area contributed by atoms with Crippen LogP contribution in [0, 0.1) is 6.92 Å². The van der Waals surface area contributed by atoms with E-state index in [2.05, 4.69) is 15.3 Å². The lowest BCUT2D eigenvalue weighted by atomic mass is 10.1. The molecule has 2 aromatic heterocycles. The van der Waals surface area contributed by atoms with Crippen LogP contribution in [0.5, 0.6) is 0 Å². The second kappa shape index (κ2) is 6.76. The number of hydrogen-bond acceptors (Lipinski definition) is 5. The lowest BCUT2D eigenvalue weighted by Crippen LogP contribution is -2.24. The lowest BCUT2D eigenvalue weighted by molar-refractivity contribution is -0.131. The zero-order chi connectivity index (χ0) is 15.2. The summed E-state index contributed by atoms with van der Waals surface area (Å²) in [5, 5.41) is 14.2. The standard InChI is InChI=1S/C14H13N3O3S/c1-9-17-11(8-21-9)7-16-14(20)13-10(3-2-6-15-13)4-5-12(18)19/h2-6,8H,7H2,1H3,(H,16,20)(H,18,19)/b5-4+. The Hall–Kier alpha value is -2.54. The number of carbonyl (C=O) groups excluding carboxylic acids is 1. The van der Waals surface area contributed by atoms with Crippen molar-refractivity contribution in [3.05, 3.63) is 51.7 Å². The van der Waals surface area contributed by atoms with E-state index in [1.807, 2.05) is 12.3 Å². The van der Waals surface area contributed by atoms with Gasteiger partial charge in [0.2, 0.25) is 0 Å². The fraction of sp³-hybridized carbons (Fsp3) is 0.143. The van der Waals surface area contributed by atoms with Gasteiger partial charge in [-0.1, -0.05) is 6.07 Å². The monoisotopic (exact) mass is 303 g/mol. The highest BCUT2D eigenvalue weighted by Gasteiger charge is 2.11. The maximum atomic E-state index is 12.1. The van der Waals surface area contributed by atoms with E-state index in [0.717, 1.165) is 16.8 Å². The maximum Gasteiger partial charge on any atom is 0.328 e. The molecule has 0 bridgehead atoms. The van der Waals surface area contributed by atoms with Gasteiger partial charge in [-0.15, -0.1) is 11.3 Å². The average molecular weight is 303 g/mol. The lowest BCUT2D eigenvalue weighted by Gasteiger charge is -2.05. The van der Waals surface area contributed by atoms with Gasteiger partial charge < -0.3 is 10.4 Å². The van der Waals surface area contributed by atoms with Gasteiger partial charge in [0.25, 0.3) is 5.91 Å². The molecule has 0 aliphatic carbocycles. The summed E-state index contributed by atoms with van der Waals surface area (Å²) in [5.41, 5.74) is 1.42. The van der Waals surface area contributed by atoms with Gasteiger partial charge in [-0.2, -0.15) is 0 Å². The third kappa shape index (κ3) is 4.22. The number of carboxylic acids is 1. The fourth-order valence-electron chi connectivity index (χ4n) is 1.65. The van der Waals surface area contributed by atoms with Crippen molar-refractivity contribution in [2.75, 3.05) is 0 Å². The van der Waals surface area contributed by atoms with Crippen molar-refractivity contribution in [2.45, 2.75) is 13.5 Å². The number of hydrogen-bond donors (Lipinski definition) is 2. The first-order valence-electron chi connectivity index (χ1n) is 6.11. The summed E-state index contributed by atoms with van der Waals surface area (Å²) in [6.07, 6.45) is 3.80. The van der Waals surface area contributed by atoms with Crippen molar-refractivity contribution >= 4 is 29.3 Å². The minimum atomic E-state index is -1.08. The number of carboxylic acid groups (broad SMARTS) is 1. The fourth-order valence-corrected chi connectivity index (χ4v) is 2.26. The van der Waals surface area contributed by atoms with Crippen LogP contribution in [-0.2, 0) is 11.3 Å². The molecule has 0 aromatic carbocycles. The Morgan fingerprint density at radius 3 is 2.95 bits per heavy atom. The van der Waals surface area contributed by atoms with Gasteiger partial charge in [0.05, 0.1) is 17.2 Å². The number of aromatic nitrogens is 2. The van der Waals surface area contributed by atoms with Gasteiger partial charge in [0.15, 0.2) is 0 Å². The first-order valence-corrected chi connectivity index (χ1v) is 6.99. The van der Waals surface area contributed by atoms with Crippen LogP contribution in [0.25, 0.3) is 6.08 Å². The SMILES string of the molecule is Cc1nc(CNC(=O)c2ncccc2/C=C/C(=O)O)cs1. The van der Waals surface area contributed by atoms with Crippen molar-refractivity contribution in [1.82, 2.24) is 15.3 Å². The molecule has 1 amide bonds. The molecule has 108 valence electrons. The summed E-state index contributed by atoms with van der Waals surface area (Å²) in [6.45, 7) is 2.20. The number of amides is 1. The first kappa shape index (κ1) is 14.9. The Morgan fingerprint density at radius 2 is 2.29 bits per heavy atom. The Balaban J connectivity index is 2.10. The van der Waals surface area contributed by atoms with E-state index in [1.165, 1.54) is 23.6 Å². The van der Waals surface area contributed by atoms with Crippen LogP contribution in [-0.4, -0.2) is 27.0 Å². The molecule has 0 saturated carbocycles. The third-order valence-corrected chi connectivity index (χ3v) is 3.38. The number of aliphatic carboxylic acids is 1. The van der Waals surface area contributed by atoms with Crippen molar-refractivity contribution in [1.29, 1.82) is 0 Å². The molecule has 0 spiro atoms. The summed E-state index contributed by atoms with van der Waals surface area (Å²) in [5.74, 6) is -1.45. The minimum Gasteiger partial charge on any atom is -0.478 e. The first-order chi connectivity index (χ1) is 10.1. The van der Waals surface area contributed by atoms with Crippen LogP contribution in [0.1, 0.15) is 26.8 Å². The summed E-state index contributed by atoms with van der Waals surface area (Å²) < 4.78 is 0. The van der Waals surface area contributed by atoms with Crippen LogP contribution in [0.15, 0.2) is 29.8 Å². The van der Waals surface area contributed by atoms with Crippen LogP contribution in [0.4, 0.5) is 0 Å². The van der Waals surface area contributed by atoms with Gasteiger partial charge in [0, 0.05) is 23.2 Å². The third-order valence-electron chi connectivity index (χ3n) is 2.56. The van der Waals surface area contributed by atoms with Crippen LogP contribution < -0.4 is 5.32 Å². The molecule has 2 heterocycles. The molecular weight excluding hydrogens is 290 g/mol. The highest BCUT2D eigenvalue weighted by Crippen LogP contribution is 2.10. The van der Waals surface area contributed by atoms with Crippen molar-refractivity contribution < 1.29 is 14.7 Å². The van der Waals surface area contributed by atoms with Gasteiger partial charge in [-0.25, -0.2) is 9.78 Å². The molecule has 0 aliphatic rings. The topological polar surface area (TPSA) is 92.2 Å². The number of rotatable bonds is 5. The van der Waals surface area contributed by atoms with E-state index >= 15 is 0 Å². The molecule has 0 radical (unpaired) electrons. The quantitative estimate of drug-likeness (QED) is 0.823. The molecule has 0 aliphatic heterocycles. The molecule has 2 N–H and O–H groups in total. The molecule has 2 aromatic rings. The van der Waals surface area contributed by atoms with Crippen molar-refractivity contribution in [3.63, 3.8) is 0 Å². The van der Waals surface area contributed by atoms with E-state index in [4.69, 9.17) is 5.11 Å².